The molecule has 0 saturated carbocycles. The Kier molecular flexibility index (Phi) is 35.9. The van der Waals surface area contributed by atoms with Gasteiger partial charge in [-0.15, -0.1) is 0 Å². The number of carboxylic acids is 1. The van der Waals surface area contributed by atoms with Crippen LogP contribution in [0.1, 0.15) is 112 Å². The summed E-state index contributed by atoms with van der Waals surface area (Å²) in [6.45, 7) is 7.01. The van der Waals surface area contributed by atoms with E-state index in [9.17, 15) is 24.0 Å². The molecule has 0 aliphatic heterocycles. The molecule has 492 valence electrons. The van der Waals surface area contributed by atoms with Crippen molar-refractivity contribution in [3.63, 3.8) is 0 Å². The van der Waals surface area contributed by atoms with Crippen LogP contribution in [-0.2, 0) is 28.9 Å². The molecule has 7 aromatic carbocycles. The Morgan fingerprint density at radius 2 is 0.796 bits per heavy atom. The van der Waals surface area contributed by atoms with Crippen molar-refractivity contribution in [2.75, 3.05) is 5.73 Å². The fourth-order valence-corrected chi connectivity index (χ4v) is 9.29. The van der Waals surface area contributed by atoms with Gasteiger partial charge in [0.05, 0.1) is 44.1 Å². The van der Waals surface area contributed by atoms with Crippen LogP contribution in [0.2, 0.25) is 25.4 Å². The van der Waals surface area contributed by atoms with E-state index in [2.05, 4.69) is 71.9 Å². The second-order valence-electron chi connectivity index (χ2n) is 18.0. The number of fused-ring (bicyclic) bond motifs is 4. The molecule has 19 nitrogen and oxygen atoms in total. The number of benzene rings is 7. The van der Waals surface area contributed by atoms with E-state index in [1.54, 1.807) is 78.9 Å². The molecular weight excluding hydrogens is 1380 g/mol. The number of anilines is 1. The van der Waals surface area contributed by atoms with Gasteiger partial charge in [-0.3, -0.25) is 19.2 Å². The highest BCUT2D eigenvalue weighted by molar-refractivity contribution is 8.26. The van der Waals surface area contributed by atoms with Gasteiger partial charge < -0.3 is 32.2 Å². The molecule has 4 heterocycles. The number of aromatic carboxylic acids is 1. The third kappa shape index (κ3) is 23.8. The number of halogens is 8. The Bertz CT molecular complexity index is 4240. The molecule has 4 aromatic heterocycles. The molecule has 0 aliphatic rings. The number of nitrogens with zero attached hydrogens (tertiary/aromatic N) is 7. The van der Waals surface area contributed by atoms with Crippen LogP contribution in [0.25, 0.3) is 44.1 Å². The number of hydrogen-bond donors (Lipinski definition) is 6. The quantitative estimate of drug-likeness (QED) is 0.0732. The lowest BCUT2D eigenvalue weighted by Gasteiger charge is -2.10. The fourth-order valence-electron chi connectivity index (χ4n) is 7.79. The highest BCUT2D eigenvalue weighted by Gasteiger charge is 2.18. The van der Waals surface area contributed by atoms with E-state index in [1.165, 1.54) is 0 Å². The van der Waals surface area contributed by atoms with Crippen molar-refractivity contribution in [1.82, 2.24) is 50.5 Å². The average molecular weight is 1450 g/mol. The molecule has 11 rings (SSSR count). The zero-order chi connectivity index (χ0) is 64.2. The molecule has 0 radical (unpaired) electrons. The molecule has 0 saturated heterocycles. The first-order valence-electron chi connectivity index (χ1n) is 25.5. The molecule has 11 aromatic rings. The molecular formula is C65H68Cl8N12O7S. The number of H-pyrrole nitrogens is 1. The van der Waals surface area contributed by atoms with E-state index >= 15 is 0 Å². The van der Waals surface area contributed by atoms with Crippen molar-refractivity contribution in [3.8, 4) is 0 Å². The number of rotatable bonds is 9. The number of carbonyl (C=O) groups is 4. The summed E-state index contributed by atoms with van der Waals surface area (Å²) in [5.74, 6) is -1.97. The lowest BCUT2D eigenvalue weighted by atomic mass is 10.1. The lowest BCUT2D eigenvalue weighted by molar-refractivity contribution is 0.0688. The molecule has 0 atom stereocenters. The molecule has 0 spiro atoms. The van der Waals surface area contributed by atoms with Crippen LogP contribution in [0.3, 0.4) is 0 Å². The van der Waals surface area contributed by atoms with Gasteiger partial charge in [0.2, 0.25) is 14.9 Å². The van der Waals surface area contributed by atoms with Gasteiger partial charge in [0, 0.05) is 56.1 Å². The molecule has 2 amide bonds. The van der Waals surface area contributed by atoms with Crippen LogP contribution in [0.4, 0.5) is 5.82 Å². The second-order valence-corrected chi connectivity index (χ2v) is 22.8. The summed E-state index contributed by atoms with van der Waals surface area (Å²) in [6, 6.07) is 45.4. The van der Waals surface area contributed by atoms with E-state index in [0.717, 1.165) is 38.4 Å². The number of para-hydroxylation sites is 8. The average Bonchev–Trinajstić information content (AvgIpc) is 0.978. The van der Waals surface area contributed by atoms with Crippen LogP contribution >= 0.6 is 91.0 Å². The van der Waals surface area contributed by atoms with E-state index < -0.39 is 31.7 Å². The SMILES string of the molecule is C.C.C.C.C.Cc1cccc(Cl)c1CN.Cc1cccc(Cl)c1CNC(=O)c1nc2ccccc2nc1Cl.Cc1cccc(Cl)c1CNC(=O)c1nc2ccccc2nc1N.O=C(Cl)c1nc2ccccc2nc1Cl.O=C(O)c1nc2ccccc2[nH]c1=O.O=S(Cl)Cl. The van der Waals surface area contributed by atoms with Gasteiger partial charge in [-0.05, 0) is 132 Å². The number of aromatic amines is 1. The number of carbonyl (C=O) groups excluding carboxylic acids is 3. The van der Waals surface area contributed by atoms with E-state index in [1.807, 2.05) is 93.6 Å². The smallest absolute Gasteiger partial charge is 0.360 e. The maximum atomic E-state index is 12.4. The molecule has 0 unspecified atom stereocenters. The molecule has 0 fully saturated rings. The Morgan fingerprint density at radius 1 is 0.473 bits per heavy atom. The van der Waals surface area contributed by atoms with Crippen LogP contribution < -0.4 is 27.7 Å². The minimum atomic E-state index is -1.67. The first-order chi connectivity index (χ1) is 42.0. The summed E-state index contributed by atoms with van der Waals surface area (Å²) in [4.78, 5) is 88.6. The third-order valence-electron chi connectivity index (χ3n) is 12.2. The summed E-state index contributed by atoms with van der Waals surface area (Å²) < 4.78 is 9.09. The van der Waals surface area contributed by atoms with Gasteiger partial charge in [-0.25, -0.2) is 43.9 Å². The number of aryl methyl sites for hydroxylation is 3. The van der Waals surface area contributed by atoms with Crippen molar-refractivity contribution in [2.24, 2.45) is 5.73 Å². The van der Waals surface area contributed by atoms with Gasteiger partial charge in [0.25, 0.3) is 22.6 Å². The minimum absolute atomic E-state index is 0. The molecule has 28 heteroatoms. The maximum absolute atomic E-state index is 12.4. The van der Waals surface area contributed by atoms with Gasteiger partial charge in [-0.1, -0.05) is 180 Å². The summed E-state index contributed by atoms with van der Waals surface area (Å²) in [6.07, 6.45) is 0. The summed E-state index contributed by atoms with van der Waals surface area (Å²) >= 11 is 35.3. The monoisotopic (exact) mass is 1440 g/mol. The van der Waals surface area contributed by atoms with Crippen LogP contribution in [-0.4, -0.2) is 72.2 Å². The Morgan fingerprint density at radius 3 is 1.17 bits per heavy atom. The van der Waals surface area contributed by atoms with Gasteiger partial charge in [-0.2, -0.15) is 0 Å². The predicted molar refractivity (Wildman–Crippen MR) is 385 cm³/mol. The number of nitrogens with one attached hydrogen (secondary N) is 3. The fraction of sp³-hybridized carbons (Fsp3) is 0.169. The van der Waals surface area contributed by atoms with Crippen molar-refractivity contribution in [2.45, 2.75) is 77.5 Å². The number of nitrogens with two attached hydrogens (primary N) is 2. The molecule has 0 bridgehead atoms. The van der Waals surface area contributed by atoms with Crippen molar-refractivity contribution < 1.29 is 28.5 Å². The largest absolute Gasteiger partial charge is 0.476 e. The maximum Gasteiger partial charge on any atom is 0.360 e. The van der Waals surface area contributed by atoms with Crippen molar-refractivity contribution in [1.29, 1.82) is 0 Å². The molecule has 8 N–H and O–H groups in total. The number of hydrogen-bond acceptors (Lipinski definition) is 15. The van der Waals surface area contributed by atoms with Gasteiger partial charge >= 0.3 is 5.97 Å². The Balaban J connectivity index is 0.000000580. The first-order valence-corrected chi connectivity index (χ1v) is 30.6. The predicted octanol–water partition coefficient (Wildman–Crippen LogP) is 16.9. The van der Waals surface area contributed by atoms with E-state index in [-0.39, 0.29) is 82.2 Å². The minimum Gasteiger partial charge on any atom is -0.476 e. The number of carboxylic acid groups (broad SMARTS) is 1. The highest BCUT2D eigenvalue weighted by atomic mass is 36.0. The van der Waals surface area contributed by atoms with Crippen LogP contribution in [0.5, 0.6) is 0 Å². The zero-order valence-corrected chi connectivity index (χ0v) is 53.0. The number of nitrogen functional groups attached to an aromatic ring is 1. The van der Waals surface area contributed by atoms with Crippen LogP contribution in [0.15, 0.2) is 156 Å². The second kappa shape index (κ2) is 40.2. The van der Waals surface area contributed by atoms with Crippen molar-refractivity contribution >= 4 is 173 Å². The molecule has 0 aliphatic carbocycles. The van der Waals surface area contributed by atoms with Crippen molar-refractivity contribution in [3.05, 3.63) is 244 Å². The van der Waals surface area contributed by atoms with E-state index in [4.69, 9.17) is 90.4 Å². The topological polar surface area (TPSA) is 305 Å². The van der Waals surface area contributed by atoms with E-state index in [0.29, 0.717) is 73.8 Å². The van der Waals surface area contributed by atoms with Crippen LogP contribution in [0, 0.1) is 20.8 Å². The van der Waals surface area contributed by atoms with Gasteiger partial charge in [0.1, 0.15) is 0 Å². The normalized spacial score (nSPS) is 9.86. The van der Waals surface area contributed by atoms with Gasteiger partial charge in [0.15, 0.2) is 33.2 Å². The summed E-state index contributed by atoms with van der Waals surface area (Å²) in [5.41, 5.74) is 21.1. The summed E-state index contributed by atoms with van der Waals surface area (Å²) in [5, 5.41) is 15.6. The molecule has 93 heavy (non-hydrogen) atoms. The summed E-state index contributed by atoms with van der Waals surface area (Å²) in [7, 11) is 7.36. The Labute approximate surface area is 580 Å². The highest BCUT2D eigenvalue weighted by Crippen LogP contribution is 2.24. The number of aromatic nitrogens is 8. The zero-order valence-electron chi connectivity index (χ0n) is 46.2. The third-order valence-corrected chi connectivity index (χ3v) is 14.0. The number of amides is 2. The first kappa shape index (κ1) is 83.0. The Hall–Kier alpha value is -7.99. The lowest BCUT2D eigenvalue weighted by Crippen LogP contribution is -2.26. The standard InChI is InChI=1S/C17H13Cl2N3O.C17H15ClN4O.C9H4Cl2N2O.C9H6N2O3.C8H10ClN.5CH4.Cl2OS/c2*1-10-5-4-6-12(18)11(10)9-20-17(23)15-16(19)22-14-8-3-2-7-13(14)21-15;10-8-7(9(11)14)12-5-3-1-2-4-6(5)13-8;12-8-7(9(13)14)10-5-3-1-2-4-6(5)11-8;1-6-3-2-4-8(9)7(6)5-10;;;;;;1-4(2)3/h2-8H,9H2,1H3,(H,20,23);2-8H,9H2,1H3,(H2,19,22)(H,20,23);1-4H;1-4H,(H,11,12)(H,13,14);2-4H,5,10H2,1H3;5*1H4;.